The Bertz CT molecular complexity index is 628. The quantitative estimate of drug-likeness (QED) is 0.888. The first kappa shape index (κ1) is 16.5. The number of hydrogen-bond acceptors (Lipinski definition) is 4. The minimum Gasteiger partial charge on any atom is -0.388 e. The molecule has 1 aromatic rings. The Morgan fingerprint density at radius 1 is 1.35 bits per heavy atom. The maximum atomic E-state index is 12.9. The van der Waals surface area contributed by atoms with Crippen LogP contribution in [0, 0.1) is 12.8 Å². The van der Waals surface area contributed by atoms with Crippen LogP contribution >= 0.6 is 11.3 Å². The van der Waals surface area contributed by atoms with Gasteiger partial charge in [0.15, 0.2) is 0 Å². The second kappa shape index (κ2) is 5.91. The number of anilines is 1. The standard InChI is InChI=1S/C17H24N2O3S/c1-10-9-13(18-15(20)11-6-7-11)23-14(10)16(21)19-8-4-5-12(19)17(2,3)22/h9,11-12,22H,4-8H2,1-3H3,(H,18,20). The maximum absolute atomic E-state index is 12.9. The summed E-state index contributed by atoms with van der Waals surface area (Å²) >= 11 is 1.34. The van der Waals surface area contributed by atoms with Crippen LogP contribution in [0.5, 0.6) is 0 Å². The van der Waals surface area contributed by atoms with E-state index in [0.717, 1.165) is 36.2 Å². The Labute approximate surface area is 140 Å². The molecule has 2 aliphatic rings. The Hall–Kier alpha value is -1.40. The predicted octanol–water partition coefficient (Wildman–Crippen LogP) is 2.78. The number of carbonyl (C=O) groups is 2. The van der Waals surface area contributed by atoms with E-state index in [1.807, 2.05) is 13.0 Å². The molecule has 0 aromatic carbocycles. The van der Waals surface area contributed by atoms with Crippen molar-refractivity contribution < 1.29 is 14.7 Å². The van der Waals surface area contributed by atoms with Gasteiger partial charge in [0.1, 0.15) is 0 Å². The van der Waals surface area contributed by atoms with Crippen molar-refractivity contribution in [2.75, 3.05) is 11.9 Å². The molecule has 2 N–H and O–H groups in total. The monoisotopic (exact) mass is 336 g/mol. The zero-order valence-corrected chi connectivity index (χ0v) is 14.7. The molecule has 1 unspecified atom stereocenters. The van der Waals surface area contributed by atoms with Crippen molar-refractivity contribution in [2.45, 2.75) is 58.1 Å². The molecule has 1 aliphatic heterocycles. The first-order valence-corrected chi connectivity index (χ1v) is 9.03. The molecule has 2 heterocycles. The fourth-order valence-electron chi connectivity index (χ4n) is 3.20. The van der Waals surface area contributed by atoms with Gasteiger partial charge in [-0.25, -0.2) is 0 Å². The van der Waals surface area contributed by atoms with Gasteiger partial charge in [0.2, 0.25) is 5.91 Å². The van der Waals surface area contributed by atoms with Crippen molar-refractivity contribution in [1.29, 1.82) is 0 Å². The summed E-state index contributed by atoms with van der Waals surface area (Å²) in [7, 11) is 0. The first-order chi connectivity index (χ1) is 10.8. The van der Waals surface area contributed by atoms with E-state index in [0.29, 0.717) is 11.4 Å². The highest BCUT2D eigenvalue weighted by atomic mass is 32.1. The predicted molar refractivity (Wildman–Crippen MR) is 90.8 cm³/mol. The molecular weight excluding hydrogens is 312 g/mol. The van der Waals surface area contributed by atoms with E-state index in [2.05, 4.69) is 5.32 Å². The average Bonchev–Trinajstić information content (AvgIpc) is 3.07. The van der Waals surface area contributed by atoms with Crippen LogP contribution in [0.15, 0.2) is 6.07 Å². The van der Waals surface area contributed by atoms with Gasteiger partial charge in [-0.1, -0.05) is 0 Å². The van der Waals surface area contributed by atoms with Gasteiger partial charge in [-0.15, -0.1) is 11.3 Å². The van der Waals surface area contributed by atoms with Crippen LogP contribution in [0.4, 0.5) is 5.00 Å². The van der Waals surface area contributed by atoms with E-state index in [4.69, 9.17) is 0 Å². The summed E-state index contributed by atoms with van der Waals surface area (Å²) < 4.78 is 0. The highest BCUT2D eigenvalue weighted by Gasteiger charge is 2.39. The molecule has 1 saturated carbocycles. The number of rotatable bonds is 4. The average molecular weight is 336 g/mol. The molecule has 1 saturated heterocycles. The van der Waals surface area contributed by atoms with Crippen molar-refractivity contribution in [3.05, 3.63) is 16.5 Å². The summed E-state index contributed by atoms with van der Waals surface area (Å²) in [6.07, 6.45) is 3.66. The lowest BCUT2D eigenvalue weighted by Gasteiger charge is -2.33. The Kier molecular flexibility index (Phi) is 4.23. The van der Waals surface area contributed by atoms with Crippen LogP contribution < -0.4 is 5.32 Å². The molecule has 2 fully saturated rings. The normalized spacial score (nSPS) is 21.6. The minimum atomic E-state index is -0.902. The lowest BCUT2D eigenvalue weighted by molar-refractivity contribution is -0.117. The van der Waals surface area contributed by atoms with Gasteiger partial charge in [-0.05, 0) is 58.1 Å². The number of thiophene rings is 1. The van der Waals surface area contributed by atoms with Gasteiger partial charge < -0.3 is 15.3 Å². The van der Waals surface area contributed by atoms with Crippen LogP contribution in [0.2, 0.25) is 0 Å². The minimum absolute atomic E-state index is 0.0379. The van der Waals surface area contributed by atoms with Crippen LogP contribution in [-0.2, 0) is 4.79 Å². The lowest BCUT2D eigenvalue weighted by Crippen LogP contribution is -2.48. The molecule has 1 aliphatic carbocycles. The number of hydrogen-bond donors (Lipinski definition) is 2. The van der Waals surface area contributed by atoms with E-state index < -0.39 is 5.60 Å². The molecule has 1 aromatic heterocycles. The SMILES string of the molecule is Cc1cc(NC(=O)C2CC2)sc1C(=O)N1CCCC1C(C)(C)O. The van der Waals surface area contributed by atoms with Crippen LogP contribution in [0.25, 0.3) is 0 Å². The van der Waals surface area contributed by atoms with Gasteiger partial charge in [0.05, 0.1) is 21.5 Å². The summed E-state index contributed by atoms with van der Waals surface area (Å²) in [5.74, 6) is 0.166. The molecule has 2 amide bonds. The summed E-state index contributed by atoms with van der Waals surface area (Å²) in [6, 6.07) is 1.72. The molecule has 1 atom stereocenters. The third-order valence-corrected chi connectivity index (χ3v) is 5.78. The molecule has 3 rings (SSSR count). The number of nitrogens with zero attached hydrogens (tertiary/aromatic N) is 1. The Morgan fingerprint density at radius 3 is 2.65 bits per heavy atom. The zero-order valence-electron chi connectivity index (χ0n) is 13.9. The lowest BCUT2D eigenvalue weighted by atomic mass is 9.96. The van der Waals surface area contributed by atoms with Crippen molar-refractivity contribution in [3.63, 3.8) is 0 Å². The first-order valence-electron chi connectivity index (χ1n) is 8.22. The fraction of sp³-hybridized carbons (Fsp3) is 0.647. The highest BCUT2D eigenvalue weighted by molar-refractivity contribution is 7.18. The summed E-state index contributed by atoms with van der Waals surface area (Å²) in [5.41, 5.74) is -0.0205. The smallest absolute Gasteiger partial charge is 0.264 e. The third kappa shape index (κ3) is 3.43. The number of aryl methyl sites for hydroxylation is 1. The third-order valence-electron chi connectivity index (χ3n) is 4.64. The van der Waals surface area contributed by atoms with E-state index in [-0.39, 0.29) is 23.8 Å². The van der Waals surface area contributed by atoms with E-state index >= 15 is 0 Å². The van der Waals surface area contributed by atoms with Gasteiger partial charge in [-0.3, -0.25) is 9.59 Å². The molecule has 126 valence electrons. The van der Waals surface area contributed by atoms with Crippen molar-refractivity contribution in [1.82, 2.24) is 4.90 Å². The summed E-state index contributed by atoms with van der Waals surface area (Å²) in [4.78, 5) is 27.2. The van der Waals surface area contributed by atoms with E-state index in [9.17, 15) is 14.7 Å². The molecule has 5 nitrogen and oxygen atoms in total. The number of nitrogens with one attached hydrogen (secondary N) is 1. The molecule has 0 bridgehead atoms. The van der Waals surface area contributed by atoms with Crippen LogP contribution in [0.1, 0.15) is 54.8 Å². The zero-order chi connectivity index (χ0) is 16.8. The maximum Gasteiger partial charge on any atom is 0.264 e. The molecule has 0 spiro atoms. The molecular formula is C17H24N2O3S. The molecule has 6 heteroatoms. The second-order valence-electron chi connectivity index (χ2n) is 7.20. The highest BCUT2D eigenvalue weighted by Crippen LogP contribution is 2.35. The number of likely N-dealkylation sites (tertiary alicyclic amines) is 1. The van der Waals surface area contributed by atoms with Crippen molar-refractivity contribution in [2.24, 2.45) is 5.92 Å². The summed E-state index contributed by atoms with van der Waals surface area (Å²) in [6.45, 7) is 6.08. The fourth-order valence-corrected chi connectivity index (χ4v) is 4.23. The Balaban J connectivity index is 1.76. The molecule has 23 heavy (non-hydrogen) atoms. The Morgan fingerprint density at radius 2 is 2.04 bits per heavy atom. The van der Waals surface area contributed by atoms with Gasteiger partial charge in [-0.2, -0.15) is 0 Å². The van der Waals surface area contributed by atoms with Gasteiger partial charge in [0.25, 0.3) is 5.91 Å². The van der Waals surface area contributed by atoms with Gasteiger partial charge >= 0.3 is 0 Å². The number of amides is 2. The van der Waals surface area contributed by atoms with Crippen LogP contribution in [-0.4, -0.2) is 40.0 Å². The second-order valence-corrected chi connectivity index (χ2v) is 8.25. The van der Waals surface area contributed by atoms with Crippen molar-refractivity contribution >= 4 is 28.2 Å². The molecule has 0 radical (unpaired) electrons. The summed E-state index contributed by atoms with van der Waals surface area (Å²) in [5, 5.41) is 13.9. The van der Waals surface area contributed by atoms with E-state index in [1.54, 1.807) is 18.7 Å². The van der Waals surface area contributed by atoms with E-state index in [1.165, 1.54) is 11.3 Å². The van der Waals surface area contributed by atoms with Crippen LogP contribution in [0.3, 0.4) is 0 Å². The number of aliphatic hydroxyl groups is 1. The topological polar surface area (TPSA) is 69.6 Å². The largest absolute Gasteiger partial charge is 0.388 e. The van der Waals surface area contributed by atoms with Gasteiger partial charge in [0, 0.05) is 12.5 Å². The van der Waals surface area contributed by atoms with Crippen molar-refractivity contribution in [3.8, 4) is 0 Å². The number of carbonyl (C=O) groups excluding carboxylic acids is 2.